The molecule has 0 radical (unpaired) electrons. The van der Waals surface area contributed by atoms with Crippen molar-refractivity contribution < 1.29 is 0 Å². The Kier molecular flexibility index (Phi) is 2.43. The second-order valence-corrected chi connectivity index (χ2v) is 6.44. The number of nitrogens with zero attached hydrogens (tertiary/aromatic N) is 3. The highest BCUT2D eigenvalue weighted by molar-refractivity contribution is 5.82. The van der Waals surface area contributed by atoms with E-state index in [1.54, 1.807) is 0 Å². The van der Waals surface area contributed by atoms with Gasteiger partial charge in [0.05, 0.1) is 6.67 Å². The van der Waals surface area contributed by atoms with Crippen LogP contribution < -0.4 is 4.90 Å². The molecule has 0 saturated heterocycles. The maximum absolute atomic E-state index is 4.32. The normalized spacial score (nSPS) is 18.0. The van der Waals surface area contributed by atoms with Crippen molar-refractivity contribution in [2.45, 2.75) is 19.3 Å². The number of pyridine rings is 1. The standard InChI is InChI=1S/C18H19N3/c1-18(2)16-5-4-13(21-9-8-20(3)12-21)10-14(16)15-11-19-7-6-17(15)18/h4-11H,12H2,1-3H3. The van der Waals surface area contributed by atoms with Crippen LogP contribution in [0.15, 0.2) is 49.1 Å². The summed E-state index contributed by atoms with van der Waals surface area (Å²) in [5, 5.41) is 0. The van der Waals surface area contributed by atoms with Crippen LogP contribution in [0.4, 0.5) is 5.69 Å². The molecular formula is C18H19N3. The Morgan fingerprint density at radius 2 is 1.86 bits per heavy atom. The fraction of sp³-hybridized carbons (Fsp3) is 0.278. The van der Waals surface area contributed by atoms with Crippen LogP contribution >= 0.6 is 0 Å². The molecule has 2 aromatic rings. The highest BCUT2D eigenvalue weighted by Gasteiger charge is 2.35. The molecule has 0 fully saturated rings. The minimum absolute atomic E-state index is 0.0593. The van der Waals surface area contributed by atoms with Crippen LogP contribution in [-0.2, 0) is 5.41 Å². The van der Waals surface area contributed by atoms with Crippen LogP contribution in [0.25, 0.3) is 11.1 Å². The molecule has 4 rings (SSSR count). The van der Waals surface area contributed by atoms with E-state index in [2.05, 4.69) is 72.3 Å². The Morgan fingerprint density at radius 3 is 2.62 bits per heavy atom. The van der Waals surface area contributed by atoms with Gasteiger partial charge in [-0.3, -0.25) is 4.98 Å². The maximum Gasteiger partial charge on any atom is 0.0938 e. The Bertz CT molecular complexity index is 746. The highest BCUT2D eigenvalue weighted by Crippen LogP contribution is 2.49. The third kappa shape index (κ3) is 1.70. The SMILES string of the molecule is CN1C=CN(c2ccc3c(c2)-c2cnccc2C3(C)C)C1. The summed E-state index contributed by atoms with van der Waals surface area (Å²) in [6.45, 7) is 5.49. The molecule has 0 spiro atoms. The largest absolute Gasteiger partial charge is 0.361 e. The summed E-state index contributed by atoms with van der Waals surface area (Å²) in [6.07, 6.45) is 8.13. The van der Waals surface area contributed by atoms with E-state index in [9.17, 15) is 0 Å². The molecule has 0 bridgehead atoms. The van der Waals surface area contributed by atoms with Gasteiger partial charge in [0.2, 0.25) is 0 Å². The topological polar surface area (TPSA) is 19.4 Å². The summed E-state index contributed by atoms with van der Waals surface area (Å²) in [5.74, 6) is 0. The average molecular weight is 277 g/mol. The van der Waals surface area contributed by atoms with E-state index in [4.69, 9.17) is 0 Å². The molecule has 0 saturated carbocycles. The molecule has 21 heavy (non-hydrogen) atoms. The molecule has 1 aliphatic carbocycles. The average Bonchev–Trinajstić information content (AvgIpc) is 3.01. The molecule has 106 valence electrons. The smallest absolute Gasteiger partial charge is 0.0938 e. The van der Waals surface area contributed by atoms with Gasteiger partial charge in [-0.1, -0.05) is 19.9 Å². The van der Waals surface area contributed by atoms with Gasteiger partial charge in [0.25, 0.3) is 0 Å². The first-order valence-electron chi connectivity index (χ1n) is 7.32. The van der Waals surface area contributed by atoms with Crippen molar-refractivity contribution in [3.63, 3.8) is 0 Å². The lowest BCUT2D eigenvalue weighted by molar-refractivity contribution is 0.495. The van der Waals surface area contributed by atoms with Crippen molar-refractivity contribution in [3.05, 3.63) is 60.2 Å². The molecule has 1 aromatic heterocycles. The van der Waals surface area contributed by atoms with E-state index >= 15 is 0 Å². The van der Waals surface area contributed by atoms with Crippen molar-refractivity contribution in [3.8, 4) is 11.1 Å². The number of benzene rings is 1. The van der Waals surface area contributed by atoms with Crippen LogP contribution in [0.1, 0.15) is 25.0 Å². The van der Waals surface area contributed by atoms with E-state index in [-0.39, 0.29) is 5.41 Å². The quantitative estimate of drug-likeness (QED) is 0.794. The Hall–Kier alpha value is -2.29. The van der Waals surface area contributed by atoms with Gasteiger partial charge in [-0.05, 0) is 34.9 Å². The molecule has 0 amide bonds. The van der Waals surface area contributed by atoms with Gasteiger partial charge in [0.15, 0.2) is 0 Å². The van der Waals surface area contributed by atoms with E-state index in [1.807, 2.05) is 12.4 Å². The maximum atomic E-state index is 4.32. The zero-order valence-electron chi connectivity index (χ0n) is 12.7. The van der Waals surface area contributed by atoms with Crippen LogP contribution in [0.5, 0.6) is 0 Å². The minimum atomic E-state index is 0.0593. The molecule has 1 aromatic carbocycles. The minimum Gasteiger partial charge on any atom is -0.361 e. The van der Waals surface area contributed by atoms with Gasteiger partial charge in [-0.15, -0.1) is 0 Å². The van der Waals surface area contributed by atoms with Crippen molar-refractivity contribution in [1.82, 2.24) is 9.88 Å². The summed E-state index contributed by atoms with van der Waals surface area (Å²) in [4.78, 5) is 8.76. The predicted molar refractivity (Wildman–Crippen MR) is 86.1 cm³/mol. The van der Waals surface area contributed by atoms with Crippen molar-refractivity contribution in [2.75, 3.05) is 18.6 Å². The first-order chi connectivity index (χ1) is 10.1. The number of anilines is 1. The molecular weight excluding hydrogens is 258 g/mol. The first kappa shape index (κ1) is 12.5. The number of fused-ring (bicyclic) bond motifs is 3. The van der Waals surface area contributed by atoms with E-state index in [0.717, 1.165) is 6.67 Å². The van der Waals surface area contributed by atoms with Gasteiger partial charge >= 0.3 is 0 Å². The third-order valence-corrected chi connectivity index (χ3v) is 4.67. The Morgan fingerprint density at radius 1 is 1.05 bits per heavy atom. The molecule has 2 heterocycles. The van der Waals surface area contributed by atoms with Crippen molar-refractivity contribution in [2.24, 2.45) is 0 Å². The van der Waals surface area contributed by atoms with E-state index in [1.165, 1.54) is 27.9 Å². The van der Waals surface area contributed by atoms with E-state index < -0.39 is 0 Å². The van der Waals surface area contributed by atoms with Gasteiger partial charge in [-0.25, -0.2) is 0 Å². The second kappa shape index (κ2) is 4.10. The highest BCUT2D eigenvalue weighted by atomic mass is 15.3. The number of rotatable bonds is 1. The zero-order chi connectivity index (χ0) is 14.6. The lowest BCUT2D eigenvalue weighted by Crippen LogP contribution is -2.21. The third-order valence-electron chi connectivity index (χ3n) is 4.67. The van der Waals surface area contributed by atoms with E-state index in [0.29, 0.717) is 0 Å². The number of hydrogen-bond acceptors (Lipinski definition) is 3. The summed E-state index contributed by atoms with van der Waals surface area (Å²) in [7, 11) is 2.09. The first-order valence-corrected chi connectivity index (χ1v) is 7.32. The molecule has 0 unspecified atom stereocenters. The lowest BCUT2D eigenvalue weighted by atomic mass is 9.83. The van der Waals surface area contributed by atoms with Crippen molar-refractivity contribution >= 4 is 5.69 Å². The van der Waals surface area contributed by atoms with Gasteiger partial charge < -0.3 is 9.80 Å². The molecule has 3 nitrogen and oxygen atoms in total. The molecule has 0 N–H and O–H groups in total. The van der Waals surface area contributed by atoms with Gasteiger partial charge in [0, 0.05) is 48.5 Å². The van der Waals surface area contributed by atoms with Crippen LogP contribution in [0, 0.1) is 0 Å². The fourth-order valence-electron chi connectivity index (χ4n) is 3.47. The zero-order valence-corrected chi connectivity index (χ0v) is 12.7. The summed E-state index contributed by atoms with van der Waals surface area (Å²) in [5.41, 5.74) is 6.66. The van der Waals surface area contributed by atoms with Gasteiger partial charge in [-0.2, -0.15) is 0 Å². The van der Waals surface area contributed by atoms with Crippen molar-refractivity contribution in [1.29, 1.82) is 0 Å². The Labute approximate surface area is 125 Å². The fourth-order valence-corrected chi connectivity index (χ4v) is 3.47. The lowest BCUT2D eigenvalue weighted by Gasteiger charge is -2.23. The monoisotopic (exact) mass is 277 g/mol. The predicted octanol–water partition coefficient (Wildman–Crippen LogP) is 3.57. The second-order valence-electron chi connectivity index (χ2n) is 6.44. The molecule has 2 aliphatic rings. The molecule has 0 atom stereocenters. The number of aromatic nitrogens is 1. The van der Waals surface area contributed by atoms with Crippen LogP contribution in [0.2, 0.25) is 0 Å². The summed E-state index contributed by atoms with van der Waals surface area (Å²) >= 11 is 0. The number of hydrogen-bond donors (Lipinski definition) is 0. The Balaban J connectivity index is 1.86. The molecule has 3 heteroatoms. The molecule has 1 aliphatic heterocycles. The van der Waals surface area contributed by atoms with Crippen LogP contribution in [-0.4, -0.2) is 23.6 Å². The van der Waals surface area contributed by atoms with Gasteiger partial charge in [0.1, 0.15) is 0 Å². The summed E-state index contributed by atoms with van der Waals surface area (Å²) < 4.78 is 0. The summed E-state index contributed by atoms with van der Waals surface area (Å²) in [6, 6.07) is 8.95. The van der Waals surface area contributed by atoms with Crippen LogP contribution in [0.3, 0.4) is 0 Å².